The molecule has 4 aromatic carbocycles. The molecule has 0 atom stereocenters. The van der Waals surface area contributed by atoms with Crippen LogP contribution in [0.5, 0.6) is 0 Å². The minimum atomic E-state index is -0.361. The molecule has 29 heavy (non-hydrogen) atoms. The first-order valence-corrected chi connectivity index (χ1v) is 10.3. The Bertz CT molecular complexity index is 987. The molecule has 0 saturated heterocycles. The highest BCUT2D eigenvalue weighted by Crippen LogP contribution is 2.46. The lowest BCUT2D eigenvalue weighted by atomic mass is 9.64. The Balaban J connectivity index is 2.15. The first-order chi connectivity index (χ1) is 14.0. The molecule has 0 spiro atoms. The van der Waals surface area contributed by atoms with Crippen molar-refractivity contribution >= 4 is 0 Å². The van der Waals surface area contributed by atoms with Gasteiger partial charge >= 0.3 is 0 Å². The van der Waals surface area contributed by atoms with Crippen molar-refractivity contribution in [2.24, 2.45) is 0 Å². The molecule has 0 amide bonds. The predicted octanol–water partition coefficient (Wildman–Crippen LogP) is 7.30. The Morgan fingerprint density at radius 1 is 0.414 bits per heavy atom. The van der Waals surface area contributed by atoms with Gasteiger partial charge in [0.25, 0.3) is 0 Å². The summed E-state index contributed by atoms with van der Waals surface area (Å²) in [5.74, 6) is 0. The molecular weight excluding hydrogens is 348 g/mol. The molecule has 0 unspecified atom stereocenters. The Kier molecular flexibility index (Phi) is 5.11. The van der Waals surface area contributed by atoms with Gasteiger partial charge in [0.15, 0.2) is 0 Å². The summed E-state index contributed by atoms with van der Waals surface area (Å²) < 4.78 is 0. The van der Waals surface area contributed by atoms with Gasteiger partial charge in [-0.25, -0.2) is 0 Å². The van der Waals surface area contributed by atoms with Gasteiger partial charge in [-0.2, -0.15) is 0 Å². The Morgan fingerprint density at radius 3 is 1.10 bits per heavy atom. The standard InChI is InChI=1S/C29H28/c1-21-9-15-25(16-10-21)29(26-17-11-22(2)12-18-26,27-19-13-23(3)14-20-27)28-8-6-5-7-24(28)4/h5-20H,1-4H3. The highest BCUT2D eigenvalue weighted by Gasteiger charge is 2.39. The van der Waals surface area contributed by atoms with Crippen molar-refractivity contribution in [1.29, 1.82) is 0 Å². The molecule has 0 fully saturated rings. The van der Waals surface area contributed by atoms with Crippen LogP contribution in [-0.4, -0.2) is 0 Å². The summed E-state index contributed by atoms with van der Waals surface area (Å²) in [4.78, 5) is 0. The molecule has 144 valence electrons. The predicted molar refractivity (Wildman–Crippen MR) is 124 cm³/mol. The van der Waals surface area contributed by atoms with Crippen molar-refractivity contribution in [3.05, 3.63) is 142 Å². The second-order valence-corrected chi connectivity index (χ2v) is 8.16. The molecule has 0 saturated carbocycles. The highest BCUT2D eigenvalue weighted by molar-refractivity contribution is 5.61. The van der Waals surface area contributed by atoms with Crippen LogP contribution in [0, 0.1) is 27.7 Å². The average molecular weight is 377 g/mol. The molecule has 0 bridgehead atoms. The normalized spacial score (nSPS) is 11.4. The summed E-state index contributed by atoms with van der Waals surface area (Å²) in [5.41, 5.74) is 9.99. The fourth-order valence-corrected chi connectivity index (χ4v) is 4.37. The van der Waals surface area contributed by atoms with Gasteiger partial charge in [0.1, 0.15) is 0 Å². The van der Waals surface area contributed by atoms with E-state index in [0.29, 0.717) is 0 Å². The molecule has 0 nitrogen and oxygen atoms in total. The number of rotatable bonds is 4. The van der Waals surface area contributed by atoms with Crippen LogP contribution in [0.1, 0.15) is 44.5 Å². The van der Waals surface area contributed by atoms with Crippen LogP contribution in [0.3, 0.4) is 0 Å². The van der Waals surface area contributed by atoms with Crippen LogP contribution >= 0.6 is 0 Å². The van der Waals surface area contributed by atoms with Gasteiger partial charge in [-0.1, -0.05) is 114 Å². The van der Waals surface area contributed by atoms with E-state index in [1.165, 1.54) is 44.5 Å². The fourth-order valence-electron chi connectivity index (χ4n) is 4.37. The lowest BCUT2D eigenvalue weighted by Crippen LogP contribution is -2.32. The minimum absolute atomic E-state index is 0.361. The van der Waals surface area contributed by atoms with Gasteiger partial charge < -0.3 is 0 Å². The van der Waals surface area contributed by atoms with Crippen LogP contribution in [-0.2, 0) is 5.41 Å². The fraction of sp³-hybridized carbons (Fsp3) is 0.172. The summed E-state index contributed by atoms with van der Waals surface area (Å²) >= 11 is 0. The third kappa shape index (κ3) is 3.40. The van der Waals surface area contributed by atoms with E-state index in [-0.39, 0.29) is 5.41 Å². The molecule has 0 aromatic heterocycles. The summed E-state index contributed by atoms with van der Waals surface area (Å²) in [6.45, 7) is 8.67. The quantitative estimate of drug-likeness (QED) is 0.328. The molecule has 0 radical (unpaired) electrons. The van der Waals surface area contributed by atoms with E-state index in [0.717, 1.165) is 0 Å². The van der Waals surface area contributed by atoms with E-state index in [1.54, 1.807) is 0 Å². The monoisotopic (exact) mass is 376 g/mol. The lowest BCUT2D eigenvalue weighted by Gasteiger charge is -2.38. The van der Waals surface area contributed by atoms with Gasteiger partial charge in [0, 0.05) is 0 Å². The first kappa shape index (κ1) is 19.2. The molecule has 0 heteroatoms. The van der Waals surface area contributed by atoms with Gasteiger partial charge in [0.2, 0.25) is 0 Å². The zero-order valence-electron chi connectivity index (χ0n) is 17.7. The van der Waals surface area contributed by atoms with Crippen LogP contribution in [0.4, 0.5) is 0 Å². The smallest absolute Gasteiger partial charge is 0.0620 e. The maximum Gasteiger partial charge on any atom is 0.0704 e. The van der Waals surface area contributed by atoms with Crippen LogP contribution < -0.4 is 0 Å². The largest absolute Gasteiger partial charge is 0.0704 e. The maximum absolute atomic E-state index is 2.29. The van der Waals surface area contributed by atoms with Crippen LogP contribution in [0.2, 0.25) is 0 Å². The zero-order chi connectivity index (χ0) is 20.4. The van der Waals surface area contributed by atoms with E-state index in [9.17, 15) is 0 Å². The highest BCUT2D eigenvalue weighted by atomic mass is 14.4. The molecule has 4 aromatic rings. The van der Waals surface area contributed by atoms with Gasteiger partial charge in [0.05, 0.1) is 5.41 Å². The average Bonchev–Trinajstić information content (AvgIpc) is 2.73. The van der Waals surface area contributed by atoms with Crippen molar-refractivity contribution in [2.45, 2.75) is 33.1 Å². The molecule has 0 heterocycles. The Hall–Kier alpha value is -3.12. The van der Waals surface area contributed by atoms with Crippen LogP contribution in [0.25, 0.3) is 0 Å². The SMILES string of the molecule is Cc1ccc(C(c2ccc(C)cc2)(c2ccc(C)cc2)c2ccccc2C)cc1. The van der Waals surface area contributed by atoms with Crippen molar-refractivity contribution < 1.29 is 0 Å². The third-order valence-electron chi connectivity index (χ3n) is 6.00. The number of aryl methyl sites for hydroxylation is 4. The Morgan fingerprint density at radius 2 is 0.759 bits per heavy atom. The molecule has 0 N–H and O–H groups in total. The van der Waals surface area contributed by atoms with E-state index in [1.807, 2.05) is 0 Å². The first-order valence-electron chi connectivity index (χ1n) is 10.3. The van der Waals surface area contributed by atoms with Gasteiger partial charge in [-0.3, -0.25) is 0 Å². The van der Waals surface area contributed by atoms with Crippen LogP contribution in [0.15, 0.2) is 97.1 Å². The van der Waals surface area contributed by atoms with Crippen molar-refractivity contribution in [3.63, 3.8) is 0 Å². The van der Waals surface area contributed by atoms with Crippen molar-refractivity contribution in [3.8, 4) is 0 Å². The van der Waals surface area contributed by atoms with E-state index in [4.69, 9.17) is 0 Å². The Labute approximate surface area is 174 Å². The van der Waals surface area contributed by atoms with E-state index < -0.39 is 0 Å². The number of hydrogen-bond acceptors (Lipinski definition) is 0. The van der Waals surface area contributed by atoms with Gasteiger partial charge in [-0.15, -0.1) is 0 Å². The molecular formula is C29H28. The number of benzene rings is 4. The van der Waals surface area contributed by atoms with Gasteiger partial charge in [-0.05, 0) is 55.5 Å². The second kappa shape index (κ2) is 7.72. The van der Waals surface area contributed by atoms with E-state index in [2.05, 4.69) is 125 Å². The molecule has 0 aliphatic heterocycles. The molecule has 4 rings (SSSR count). The minimum Gasteiger partial charge on any atom is -0.0620 e. The zero-order valence-corrected chi connectivity index (χ0v) is 17.7. The molecule has 0 aliphatic rings. The summed E-state index contributed by atoms with van der Waals surface area (Å²) in [5, 5.41) is 0. The van der Waals surface area contributed by atoms with Crippen molar-refractivity contribution in [1.82, 2.24) is 0 Å². The molecule has 0 aliphatic carbocycles. The summed E-state index contributed by atoms with van der Waals surface area (Å²) in [7, 11) is 0. The number of hydrogen-bond donors (Lipinski definition) is 0. The summed E-state index contributed by atoms with van der Waals surface area (Å²) in [6, 6.07) is 35.9. The lowest BCUT2D eigenvalue weighted by molar-refractivity contribution is 0.737. The van der Waals surface area contributed by atoms with Crippen molar-refractivity contribution in [2.75, 3.05) is 0 Å². The summed E-state index contributed by atoms with van der Waals surface area (Å²) in [6.07, 6.45) is 0. The topological polar surface area (TPSA) is 0 Å². The maximum atomic E-state index is 2.29. The van der Waals surface area contributed by atoms with E-state index >= 15 is 0 Å². The third-order valence-corrected chi connectivity index (χ3v) is 6.00. The second-order valence-electron chi connectivity index (χ2n) is 8.16.